The third kappa shape index (κ3) is 4.65. The Labute approximate surface area is 338 Å². The van der Waals surface area contributed by atoms with Crippen LogP contribution in [0.1, 0.15) is 11.1 Å². The first-order valence-corrected chi connectivity index (χ1v) is 22.2. The molecule has 0 bridgehead atoms. The maximum atomic E-state index is 2.59. The SMILES string of the molecule is c1ccc(-n2c3ccccc3c3c4c(ccc32)-c2cc(-n3c5ccccc5c5ccccc53)cc([Si](c3ccccc3)(c3ccccc3)c3ccccc3)c2C4)cc1. The molecule has 1 aliphatic carbocycles. The first-order valence-electron chi connectivity index (χ1n) is 20.2. The molecule has 0 amide bonds. The zero-order valence-electron chi connectivity index (χ0n) is 31.9. The third-order valence-electron chi connectivity index (χ3n) is 12.7. The molecule has 0 radical (unpaired) electrons. The number of hydrogen-bond acceptors (Lipinski definition) is 0. The lowest BCUT2D eigenvalue weighted by Gasteiger charge is -2.36. The summed E-state index contributed by atoms with van der Waals surface area (Å²) in [4.78, 5) is 0. The molecule has 11 aromatic rings. The van der Waals surface area contributed by atoms with Crippen LogP contribution in [0.4, 0.5) is 0 Å². The summed E-state index contributed by atoms with van der Waals surface area (Å²) < 4.78 is 4.97. The Morgan fingerprint density at radius 3 is 1.33 bits per heavy atom. The van der Waals surface area contributed by atoms with Crippen LogP contribution in [0.3, 0.4) is 0 Å². The van der Waals surface area contributed by atoms with Crippen molar-refractivity contribution in [3.63, 3.8) is 0 Å². The van der Waals surface area contributed by atoms with Crippen LogP contribution in [-0.4, -0.2) is 17.2 Å². The van der Waals surface area contributed by atoms with Crippen LogP contribution in [0.2, 0.25) is 0 Å². The minimum atomic E-state index is -2.96. The van der Waals surface area contributed by atoms with E-state index in [1.165, 1.54) is 98.0 Å². The molecule has 3 heteroatoms. The van der Waals surface area contributed by atoms with E-state index in [-0.39, 0.29) is 0 Å². The van der Waals surface area contributed by atoms with Gasteiger partial charge in [-0.25, -0.2) is 0 Å². The highest BCUT2D eigenvalue weighted by Gasteiger charge is 2.45. The molecule has 0 saturated heterocycles. The lowest BCUT2D eigenvalue weighted by Crippen LogP contribution is -2.75. The summed E-state index contributed by atoms with van der Waals surface area (Å²) in [5.74, 6) is 0. The van der Waals surface area contributed by atoms with Crippen LogP contribution in [0.25, 0.3) is 66.1 Å². The molecule has 0 aliphatic heterocycles. The first-order chi connectivity index (χ1) is 28.8. The predicted octanol–water partition coefficient (Wildman–Crippen LogP) is 10.8. The number of para-hydroxylation sites is 4. The molecular formula is C55H38N2Si. The van der Waals surface area contributed by atoms with Gasteiger partial charge in [0.15, 0.2) is 8.07 Å². The molecule has 0 N–H and O–H groups in total. The number of nitrogens with zero attached hydrogens (tertiary/aromatic N) is 2. The number of aromatic nitrogens is 2. The molecule has 2 nitrogen and oxygen atoms in total. The van der Waals surface area contributed by atoms with Gasteiger partial charge in [-0.05, 0) is 98.0 Å². The van der Waals surface area contributed by atoms with Gasteiger partial charge < -0.3 is 9.13 Å². The van der Waals surface area contributed by atoms with Crippen molar-refractivity contribution in [3.05, 3.63) is 230 Å². The summed E-state index contributed by atoms with van der Waals surface area (Å²) in [6.45, 7) is 0. The average Bonchev–Trinajstić information content (AvgIpc) is 3.96. The van der Waals surface area contributed by atoms with Crippen molar-refractivity contribution in [3.8, 4) is 22.5 Å². The van der Waals surface area contributed by atoms with Crippen molar-refractivity contribution in [1.82, 2.24) is 9.13 Å². The van der Waals surface area contributed by atoms with Gasteiger partial charge in [0.2, 0.25) is 0 Å². The summed E-state index contributed by atoms with van der Waals surface area (Å²) in [7, 11) is -2.96. The van der Waals surface area contributed by atoms with Gasteiger partial charge in [0.05, 0.1) is 22.1 Å². The van der Waals surface area contributed by atoms with Gasteiger partial charge in [0, 0.05) is 32.9 Å². The van der Waals surface area contributed by atoms with Crippen LogP contribution in [-0.2, 0) is 6.42 Å². The van der Waals surface area contributed by atoms with Crippen LogP contribution in [0.15, 0.2) is 218 Å². The Balaban J connectivity index is 1.25. The Bertz CT molecular complexity index is 3190. The average molecular weight is 755 g/mol. The highest BCUT2D eigenvalue weighted by atomic mass is 28.3. The number of benzene rings is 9. The van der Waals surface area contributed by atoms with E-state index in [0.29, 0.717) is 0 Å². The molecule has 12 rings (SSSR count). The molecule has 272 valence electrons. The molecule has 0 unspecified atom stereocenters. The predicted molar refractivity (Wildman–Crippen MR) is 247 cm³/mol. The fraction of sp³-hybridized carbons (Fsp3) is 0.0182. The molecule has 1 aliphatic rings. The fourth-order valence-electron chi connectivity index (χ4n) is 10.4. The Morgan fingerprint density at radius 2 is 0.776 bits per heavy atom. The zero-order valence-corrected chi connectivity index (χ0v) is 32.9. The van der Waals surface area contributed by atoms with E-state index in [9.17, 15) is 0 Å². The molecule has 0 fully saturated rings. The molecule has 2 heterocycles. The number of rotatable bonds is 6. The van der Waals surface area contributed by atoms with Crippen LogP contribution >= 0.6 is 0 Å². The first kappa shape index (κ1) is 33.0. The molecule has 0 saturated carbocycles. The maximum Gasteiger partial charge on any atom is 0.180 e. The molecule has 58 heavy (non-hydrogen) atoms. The smallest absolute Gasteiger partial charge is 0.180 e. The molecule has 0 spiro atoms. The van der Waals surface area contributed by atoms with E-state index in [4.69, 9.17) is 0 Å². The molecule has 2 aromatic heterocycles. The minimum absolute atomic E-state index is 0.856. The second kappa shape index (κ2) is 12.9. The van der Waals surface area contributed by atoms with E-state index in [0.717, 1.165) is 6.42 Å². The van der Waals surface area contributed by atoms with Crippen molar-refractivity contribution in [2.24, 2.45) is 0 Å². The minimum Gasteiger partial charge on any atom is -0.309 e. The van der Waals surface area contributed by atoms with E-state index in [1.54, 1.807) is 0 Å². The fourth-order valence-corrected chi connectivity index (χ4v) is 15.4. The highest BCUT2D eigenvalue weighted by Crippen LogP contribution is 2.46. The van der Waals surface area contributed by atoms with Crippen LogP contribution < -0.4 is 20.7 Å². The normalized spacial score (nSPS) is 12.4. The van der Waals surface area contributed by atoms with Gasteiger partial charge in [-0.1, -0.05) is 170 Å². The van der Waals surface area contributed by atoms with Gasteiger partial charge in [-0.15, -0.1) is 0 Å². The largest absolute Gasteiger partial charge is 0.309 e. The van der Waals surface area contributed by atoms with Gasteiger partial charge >= 0.3 is 0 Å². The van der Waals surface area contributed by atoms with Crippen molar-refractivity contribution >= 4 is 72.4 Å². The number of fused-ring (bicyclic) bond motifs is 10. The van der Waals surface area contributed by atoms with E-state index < -0.39 is 8.07 Å². The second-order valence-corrected chi connectivity index (χ2v) is 19.4. The molecular weight excluding hydrogens is 717 g/mol. The van der Waals surface area contributed by atoms with Gasteiger partial charge in [-0.3, -0.25) is 0 Å². The topological polar surface area (TPSA) is 9.86 Å². The van der Waals surface area contributed by atoms with E-state index in [1.807, 2.05) is 0 Å². The van der Waals surface area contributed by atoms with Crippen LogP contribution in [0.5, 0.6) is 0 Å². The van der Waals surface area contributed by atoms with E-state index >= 15 is 0 Å². The van der Waals surface area contributed by atoms with Crippen molar-refractivity contribution in [2.75, 3.05) is 0 Å². The summed E-state index contributed by atoms with van der Waals surface area (Å²) in [6, 6.07) is 81.7. The summed E-state index contributed by atoms with van der Waals surface area (Å²) in [6.07, 6.45) is 0.856. The standard InChI is InChI=1S/C55H38N2Si/c1-5-19-38(20-6-1)56-52-32-18-15-29-46(52)55-49-37-48-47(43(49)33-34-53(55)56)35-39(57-50-30-16-13-27-44(50)45-28-14-17-31-51(45)57)36-54(48)58(40-21-7-2-8-22-40,41-23-9-3-10-24-41)42-25-11-4-12-26-42/h1-36H,37H2. The van der Waals surface area contributed by atoms with Gasteiger partial charge in [-0.2, -0.15) is 0 Å². The Morgan fingerprint density at radius 1 is 0.328 bits per heavy atom. The third-order valence-corrected chi connectivity index (χ3v) is 17.6. The van der Waals surface area contributed by atoms with Crippen LogP contribution in [0, 0.1) is 0 Å². The van der Waals surface area contributed by atoms with Crippen molar-refractivity contribution in [1.29, 1.82) is 0 Å². The van der Waals surface area contributed by atoms with Crippen molar-refractivity contribution < 1.29 is 0 Å². The molecule has 0 atom stereocenters. The Kier molecular flexibility index (Phi) is 7.35. The zero-order chi connectivity index (χ0) is 38.2. The highest BCUT2D eigenvalue weighted by molar-refractivity contribution is 7.20. The summed E-state index contributed by atoms with van der Waals surface area (Å²) in [5.41, 5.74) is 12.8. The molecule has 9 aromatic carbocycles. The lowest BCUT2D eigenvalue weighted by atomic mass is 10.0. The second-order valence-electron chi connectivity index (χ2n) is 15.6. The maximum absolute atomic E-state index is 2.96. The van der Waals surface area contributed by atoms with E-state index in [2.05, 4.69) is 228 Å². The quantitative estimate of drug-likeness (QED) is 0.118. The summed E-state index contributed by atoms with van der Waals surface area (Å²) >= 11 is 0. The van der Waals surface area contributed by atoms with Gasteiger partial charge in [0.1, 0.15) is 0 Å². The lowest BCUT2D eigenvalue weighted by molar-refractivity contribution is 1.18. The van der Waals surface area contributed by atoms with Gasteiger partial charge in [0.25, 0.3) is 0 Å². The number of hydrogen-bond donors (Lipinski definition) is 0. The Hall–Kier alpha value is -7.20. The van der Waals surface area contributed by atoms with Crippen molar-refractivity contribution in [2.45, 2.75) is 6.42 Å². The summed E-state index contributed by atoms with van der Waals surface area (Å²) in [5, 5.41) is 10.8. The monoisotopic (exact) mass is 754 g/mol.